The third kappa shape index (κ3) is 4.39. The van der Waals surface area contributed by atoms with E-state index in [0.717, 1.165) is 10.5 Å². The van der Waals surface area contributed by atoms with E-state index < -0.39 is 4.92 Å². The van der Waals surface area contributed by atoms with E-state index in [1.165, 1.54) is 23.9 Å². The number of non-ortho nitro benzene ring substituents is 1. The van der Waals surface area contributed by atoms with Gasteiger partial charge in [-0.25, -0.2) is 0 Å². The number of nitrogens with zero attached hydrogens (tertiary/aromatic N) is 1. The van der Waals surface area contributed by atoms with Gasteiger partial charge < -0.3 is 4.74 Å². The minimum atomic E-state index is -0.413. The van der Waals surface area contributed by atoms with Gasteiger partial charge in [0.2, 0.25) is 0 Å². The van der Waals surface area contributed by atoms with E-state index in [1.54, 1.807) is 18.1 Å². The normalized spacial score (nSPS) is 10.3. The number of ether oxygens (including phenoxy) is 1. The summed E-state index contributed by atoms with van der Waals surface area (Å²) in [7, 11) is 0. The van der Waals surface area contributed by atoms with Crippen LogP contribution in [0.1, 0.15) is 5.56 Å². The summed E-state index contributed by atoms with van der Waals surface area (Å²) in [6, 6.07) is 16.2. The van der Waals surface area contributed by atoms with Crippen molar-refractivity contribution in [3.8, 4) is 0 Å². The summed E-state index contributed by atoms with van der Waals surface area (Å²) in [5, 5.41) is 10.5. The molecule has 97 valence electrons. The van der Waals surface area contributed by atoms with Crippen molar-refractivity contribution in [2.75, 3.05) is 0 Å². The summed E-state index contributed by atoms with van der Waals surface area (Å²) in [5.41, 5.74) is 1.19. The SMILES string of the molecule is O=[N+]([O-])c1ccc(S[CH]OCc2ccccc2)cc1. The predicted molar refractivity (Wildman–Crippen MR) is 74.5 cm³/mol. The van der Waals surface area contributed by atoms with Crippen LogP contribution in [0.4, 0.5) is 5.69 Å². The van der Waals surface area contributed by atoms with Crippen LogP contribution < -0.4 is 0 Å². The van der Waals surface area contributed by atoms with Crippen molar-refractivity contribution in [2.45, 2.75) is 11.5 Å². The molecule has 2 aromatic rings. The molecule has 1 radical (unpaired) electrons. The van der Waals surface area contributed by atoms with Gasteiger partial charge in [0.05, 0.1) is 11.5 Å². The number of thioether (sulfide) groups is 1. The van der Waals surface area contributed by atoms with Crippen molar-refractivity contribution in [3.05, 3.63) is 76.2 Å². The zero-order chi connectivity index (χ0) is 13.5. The van der Waals surface area contributed by atoms with Crippen LogP contribution in [0.25, 0.3) is 0 Å². The molecule has 5 heteroatoms. The summed E-state index contributed by atoms with van der Waals surface area (Å²) in [6.07, 6.45) is 0. The third-order valence-electron chi connectivity index (χ3n) is 2.39. The monoisotopic (exact) mass is 274 g/mol. The van der Waals surface area contributed by atoms with Crippen molar-refractivity contribution < 1.29 is 9.66 Å². The molecule has 0 aliphatic rings. The zero-order valence-corrected chi connectivity index (χ0v) is 10.9. The first kappa shape index (κ1) is 13.6. The Hall–Kier alpha value is -1.85. The molecule has 0 aliphatic heterocycles. The predicted octanol–water partition coefficient (Wildman–Crippen LogP) is 4.02. The average molecular weight is 274 g/mol. The molecule has 0 atom stereocenters. The number of benzene rings is 2. The van der Waals surface area contributed by atoms with Gasteiger partial charge in [0.15, 0.2) is 0 Å². The summed E-state index contributed by atoms with van der Waals surface area (Å²) in [6.45, 7) is 0.515. The fraction of sp³-hybridized carbons (Fsp3) is 0.0714. The van der Waals surface area contributed by atoms with Gasteiger partial charge in [0.25, 0.3) is 5.69 Å². The van der Waals surface area contributed by atoms with E-state index >= 15 is 0 Å². The maximum absolute atomic E-state index is 10.5. The van der Waals surface area contributed by atoms with Gasteiger partial charge in [-0.2, -0.15) is 0 Å². The van der Waals surface area contributed by atoms with Gasteiger partial charge in [-0.1, -0.05) is 42.1 Å². The fourth-order valence-electron chi connectivity index (χ4n) is 1.44. The molecular weight excluding hydrogens is 262 g/mol. The second-order valence-corrected chi connectivity index (χ2v) is 4.66. The minimum absolute atomic E-state index is 0.0922. The highest BCUT2D eigenvalue weighted by Crippen LogP contribution is 2.24. The van der Waals surface area contributed by atoms with Crippen molar-refractivity contribution in [3.63, 3.8) is 0 Å². The maximum atomic E-state index is 10.5. The number of rotatable bonds is 6. The highest BCUT2D eigenvalue weighted by atomic mass is 32.2. The Morgan fingerprint density at radius 3 is 2.42 bits per heavy atom. The van der Waals surface area contributed by atoms with Crippen LogP contribution in [-0.2, 0) is 11.3 Å². The molecular formula is C14H12NO3S. The Labute approximate surface area is 115 Å². The number of nitro benzene ring substituents is 1. The minimum Gasteiger partial charge on any atom is -0.359 e. The number of hydrogen-bond donors (Lipinski definition) is 0. The Balaban J connectivity index is 1.75. The fourth-order valence-corrected chi connectivity index (χ4v) is 1.98. The maximum Gasteiger partial charge on any atom is 0.269 e. The van der Waals surface area contributed by atoms with Gasteiger partial charge in [0, 0.05) is 17.0 Å². The molecule has 0 amide bonds. The summed E-state index contributed by atoms with van der Waals surface area (Å²) >= 11 is 1.39. The molecule has 0 bridgehead atoms. The van der Waals surface area contributed by atoms with Crippen molar-refractivity contribution >= 4 is 17.4 Å². The molecule has 2 aromatic carbocycles. The molecule has 19 heavy (non-hydrogen) atoms. The molecule has 0 spiro atoms. The van der Waals surface area contributed by atoms with Gasteiger partial charge in [-0.15, -0.1) is 0 Å². The molecule has 0 heterocycles. The summed E-state index contributed by atoms with van der Waals surface area (Å²) in [4.78, 5) is 11.0. The Kier molecular flexibility index (Phi) is 4.94. The van der Waals surface area contributed by atoms with Gasteiger partial charge in [0.1, 0.15) is 5.94 Å². The third-order valence-corrected chi connectivity index (χ3v) is 3.17. The van der Waals surface area contributed by atoms with E-state index in [1.807, 2.05) is 30.3 Å². The molecule has 0 N–H and O–H groups in total. The molecule has 0 unspecified atom stereocenters. The van der Waals surface area contributed by atoms with Crippen molar-refractivity contribution in [1.82, 2.24) is 0 Å². The van der Waals surface area contributed by atoms with E-state index in [0.29, 0.717) is 6.61 Å². The molecule has 0 saturated heterocycles. The summed E-state index contributed by atoms with van der Waals surface area (Å²) < 4.78 is 5.41. The van der Waals surface area contributed by atoms with Crippen LogP contribution in [0.15, 0.2) is 59.5 Å². The van der Waals surface area contributed by atoms with Crippen molar-refractivity contribution in [2.24, 2.45) is 0 Å². The smallest absolute Gasteiger partial charge is 0.269 e. The Bertz CT molecular complexity index is 528. The zero-order valence-electron chi connectivity index (χ0n) is 10.1. The summed E-state index contributed by atoms with van der Waals surface area (Å²) in [5.74, 6) is 1.63. The van der Waals surface area contributed by atoms with Crippen LogP contribution in [0.5, 0.6) is 0 Å². The number of hydrogen-bond acceptors (Lipinski definition) is 4. The van der Waals surface area contributed by atoms with Crippen LogP contribution in [-0.4, -0.2) is 4.92 Å². The van der Waals surface area contributed by atoms with Crippen LogP contribution in [0.2, 0.25) is 0 Å². The first-order valence-corrected chi connectivity index (χ1v) is 6.52. The molecule has 0 saturated carbocycles. The quantitative estimate of drug-likeness (QED) is 0.345. The van der Waals surface area contributed by atoms with Gasteiger partial charge in [-0.05, 0) is 17.7 Å². The topological polar surface area (TPSA) is 52.4 Å². The van der Waals surface area contributed by atoms with E-state index in [4.69, 9.17) is 4.74 Å². The highest BCUT2D eigenvalue weighted by Gasteiger charge is 2.04. The Morgan fingerprint density at radius 2 is 1.79 bits per heavy atom. The lowest BCUT2D eigenvalue weighted by Crippen LogP contribution is -1.88. The largest absolute Gasteiger partial charge is 0.359 e. The van der Waals surface area contributed by atoms with E-state index in [-0.39, 0.29) is 5.69 Å². The van der Waals surface area contributed by atoms with E-state index in [9.17, 15) is 10.1 Å². The molecule has 0 fully saturated rings. The second-order valence-electron chi connectivity index (χ2n) is 3.76. The number of nitro groups is 1. The molecule has 0 aromatic heterocycles. The van der Waals surface area contributed by atoms with Gasteiger partial charge >= 0.3 is 0 Å². The lowest BCUT2D eigenvalue weighted by Gasteiger charge is -2.03. The highest BCUT2D eigenvalue weighted by molar-refractivity contribution is 8.01. The molecule has 0 aliphatic carbocycles. The average Bonchev–Trinajstić information content (AvgIpc) is 2.45. The standard InChI is InChI=1S/C14H12NO3S/c16-15(17)13-6-8-14(9-7-13)19-11-18-10-12-4-2-1-3-5-12/h1-9,11H,10H2. The first-order chi connectivity index (χ1) is 9.25. The van der Waals surface area contributed by atoms with E-state index in [2.05, 4.69) is 0 Å². The molecule has 4 nitrogen and oxygen atoms in total. The molecule has 2 rings (SSSR count). The van der Waals surface area contributed by atoms with Crippen molar-refractivity contribution in [1.29, 1.82) is 0 Å². The lowest BCUT2D eigenvalue weighted by molar-refractivity contribution is -0.384. The van der Waals surface area contributed by atoms with Gasteiger partial charge in [-0.3, -0.25) is 10.1 Å². The lowest BCUT2D eigenvalue weighted by atomic mass is 10.2. The first-order valence-electron chi connectivity index (χ1n) is 5.64. The Morgan fingerprint density at radius 1 is 1.11 bits per heavy atom. The van der Waals surface area contributed by atoms with Crippen LogP contribution >= 0.6 is 11.8 Å². The van der Waals surface area contributed by atoms with Crippen LogP contribution in [0.3, 0.4) is 0 Å². The second kappa shape index (κ2) is 6.92. The van der Waals surface area contributed by atoms with Crippen LogP contribution in [0, 0.1) is 16.1 Å².